The molecule has 3 unspecified atom stereocenters. The van der Waals surface area contributed by atoms with E-state index in [0.29, 0.717) is 11.8 Å². The molecule has 16 heavy (non-hydrogen) atoms. The summed E-state index contributed by atoms with van der Waals surface area (Å²) in [5.41, 5.74) is 0.791. The van der Waals surface area contributed by atoms with Crippen molar-refractivity contribution in [3.63, 3.8) is 0 Å². The Balaban J connectivity index is 1.68. The summed E-state index contributed by atoms with van der Waals surface area (Å²) in [5.74, 6) is 1.40. The molecular formula is C12H15N3O. The van der Waals surface area contributed by atoms with Crippen LogP contribution in [0.2, 0.25) is 0 Å². The molecule has 4 heteroatoms. The molecule has 1 N–H and O–H groups in total. The van der Waals surface area contributed by atoms with Gasteiger partial charge in [-0.2, -0.15) is 5.10 Å². The van der Waals surface area contributed by atoms with Crippen molar-refractivity contribution >= 4 is 11.6 Å². The van der Waals surface area contributed by atoms with Crippen molar-refractivity contribution in [1.82, 2.24) is 9.78 Å². The maximum absolute atomic E-state index is 12.0. The molecule has 3 rings (SSSR count). The van der Waals surface area contributed by atoms with Crippen LogP contribution in [0.15, 0.2) is 24.5 Å². The summed E-state index contributed by atoms with van der Waals surface area (Å²) in [6, 6.07) is 0. The van der Waals surface area contributed by atoms with Gasteiger partial charge >= 0.3 is 0 Å². The second kappa shape index (κ2) is 3.47. The minimum atomic E-state index is 0.143. The first-order valence-electron chi connectivity index (χ1n) is 5.70. The molecule has 0 saturated heterocycles. The van der Waals surface area contributed by atoms with E-state index in [4.69, 9.17) is 0 Å². The molecule has 3 atom stereocenters. The molecule has 1 aromatic heterocycles. The minimum absolute atomic E-state index is 0.143. The van der Waals surface area contributed by atoms with Crippen LogP contribution in [0.5, 0.6) is 0 Å². The zero-order valence-electron chi connectivity index (χ0n) is 9.26. The molecule has 1 amide bonds. The number of amides is 1. The van der Waals surface area contributed by atoms with E-state index in [1.807, 2.05) is 13.2 Å². The lowest BCUT2D eigenvalue weighted by Gasteiger charge is -2.16. The molecule has 0 spiro atoms. The van der Waals surface area contributed by atoms with E-state index in [-0.39, 0.29) is 11.8 Å². The third-order valence-corrected chi connectivity index (χ3v) is 3.59. The quantitative estimate of drug-likeness (QED) is 0.764. The number of hydrogen-bond acceptors (Lipinski definition) is 2. The summed E-state index contributed by atoms with van der Waals surface area (Å²) in [7, 11) is 1.84. The van der Waals surface area contributed by atoms with Gasteiger partial charge in [-0.1, -0.05) is 12.2 Å². The highest BCUT2D eigenvalue weighted by molar-refractivity contribution is 5.93. The number of aromatic nitrogens is 2. The molecule has 1 heterocycles. The van der Waals surface area contributed by atoms with Gasteiger partial charge in [-0.05, 0) is 24.7 Å². The van der Waals surface area contributed by atoms with Gasteiger partial charge in [0.2, 0.25) is 5.91 Å². The molecule has 84 valence electrons. The Morgan fingerprint density at radius 2 is 2.38 bits per heavy atom. The Bertz CT molecular complexity index is 449. The molecule has 2 aliphatic carbocycles. The maximum atomic E-state index is 12.0. The molecule has 2 aliphatic rings. The number of nitrogens with zero attached hydrogens (tertiary/aromatic N) is 2. The molecule has 0 aromatic carbocycles. The number of hydrogen-bond donors (Lipinski definition) is 1. The zero-order chi connectivity index (χ0) is 11.1. The highest BCUT2D eigenvalue weighted by Gasteiger charge is 2.39. The maximum Gasteiger partial charge on any atom is 0.228 e. The Morgan fingerprint density at radius 3 is 2.94 bits per heavy atom. The van der Waals surface area contributed by atoms with Crippen molar-refractivity contribution in [3.05, 3.63) is 24.5 Å². The van der Waals surface area contributed by atoms with Crippen molar-refractivity contribution < 1.29 is 4.79 Å². The van der Waals surface area contributed by atoms with Crippen molar-refractivity contribution in [3.8, 4) is 0 Å². The number of rotatable bonds is 2. The number of carbonyl (C=O) groups excluding carboxylic acids is 1. The van der Waals surface area contributed by atoms with Crippen LogP contribution in [0, 0.1) is 17.8 Å². The van der Waals surface area contributed by atoms with Crippen molar-refractivity contribution in [2.45, 2.75) is 12.8 Å². The SMILES string of the molecule is Cn1cc(NC(=O)C2CC3C=CC2C3)cn1. The van der Waals surface area contributed by atoms with Crippen molar-refractivity contribution in [2.75, 3.05) is 5.32 Å². The molecule has 0 aliphatic heterocycles. The van der Waals surface area contributed by atoms with Gasteiger partial charge in [-0.15, -0.1) is 0 Å². The predicted octanol–water partition coefficient (Wildman–Crippen LogP) is 1.57. The van der Waals surface area contributed by atoms with E-state index in [2.05, 4.69) is 22.6 Å². The van der Waals surface area contributed by atoms with E-state index < -0.39 is 0 Å². The van der Waals surface area contributed by atoms with E-state index in [0.717, 1.165) is 18.5 Å². The Hall–Kier alpha value is -1.58. The number of allylic oxidation sites excluding steroid dienone is 2. The van der Waals surface area contributed by atoms with Gasteiger partial charge < -0.3 is 5.32 Å². The van der Waals surface area contributed by atoms with Gasteiger partial charge in [0.25, 0.3) is 0 Å². The Labute approximate surface area is 94.3 Å². The third kappa shape index (κ3) is 1.54. The van der Waals surface area contributed by atoms with Crippen LogP contribution in [-0.4, -0.2) is 15.7 Å². The van der Waals surface area contributed by atoms with Gasteiger partial charge in [0.15, 0.2) is 0 Å². The predicted molar refractivity (Wildman–Crippen MR) is 60.7 cm³/mol. The fourth-order valence-electron chi connectivity index (χ4n) is 2.80. The summed E-state index contributed by atoms with van der Waals surface area (Å²) in [6.45, 7) is 0. The van der Waals surface area contributed by atoms with Crippen LogP contribution in [0.4, 0.5) is 5.69 Å². The molecule has 2 bridgehead atoms. The van der Waals surface area contributed by atoms with Crippen LogP contribution in [0.25, 0.3) is 0 Å². The Kier molecular flexibility index (Phi) is 2.09. The highest BCUT2D eigenvalue weighted by atomic mass is 16.1. The average Bonchev–Trinajstić information content (AvgIpc) is 2.93. The highest BCUT2D eigenvalue weighted by Crippen LogP contribution is 2.43. The fourth-order valence-corrected chi connectivity index (χ4v) is 2.80. The first-order valence-corrected chi connectivity index (χ1v) is 5.70. The molecule has 4 nitrogen and oxygen atoms in total. The number of fused-ring (bicyclic) bond motifs is 2. The zero-order valence-corrected chi connectivity index (χ0v) is 9.26. The monoisotopic (exact) mass is 217 g/mol. The normalized spacial score (nSPS) is 30.9. The smallest absolute Gasteiger partial charge is 0.228 e. The average molecular weight is 217 g/mol. The van der Waals surface area contributed by atoms with Crippen LogP contribution in [-0.2, 0) is 11.8 Å². The lowest BCUT2D eigenvalue weighted by atomic mass is 9.93. The summed E-state index contributed by atoms with van der Waals surface area (Å²) < 4.78 is 1.69. The largest absolute Gasteiger partial charge is 0.323 e. The fraction of sp³-hybridized carbons (Fsp3) is 0.500. The van der Waals surface area contributed by atoms with E-state index in [1.54, 1.807) is 10.9 Å². The number of carbonyl (C=O) groups is 1. The summed E-state index contributed by atoms with van der Waals surface area (Å²) in [6.07, 6.45) is 10.1. The number of anilines is 1. The molecule has 0 radical (unpaired) electrons. The van der Waals surface area contributed by atoms with Crippen molar-refractivity contribution in [1.29, 1.82) is 0 Å². The summed E-state index contributed by atoms with van der Waals surface area (Å²) in [4.78, 5) is 12.0. The van der Waals surface area contributed by atoms with Gasteiger partial charge in [0.05, 0.1) is 11.9 Å². The number of aryl methyl sites for hydroxylation is 1. The van der Waals surface area contributed by atoms with E-state index in [1.165, 1.54) is 0 Å². The summed E-state index contributed by atoms with van der Waals surface area (Å²) in [5, 5.41) is 6.97. The summed E-state index contributed by atoms with van der Waals surface area (Å²) >= 11 is 0. The van der Waals surface area contributed by atoms with Gasteiger partial charge in [-0.25, -0.2) is 0 Å². The molecule has 1 saturated carbocycles. The van der Waals surface area contributed by atoms with Crippen molar-refractivity contribution in [2.24, 2.45) is 24.8 Å². The van der Waals surface area contributed by atoms with E-state index >= 15 is 0 Å². The molecule has 1 fully saturated rings. The first kappa shape index (κ1) is 9.63. The molecule has 1 aromatic rings. The minimum Gasteiger partial charge on any atom is -0.323 e. The standard InChI is InChI=1S/C12H15N3O/c1-15-7-10(6-13-15)14-12(16)11-5-8-2-3-9(11)4-8/h2-3,6-9,11H,4-5H2,1H3,(H,14,16). The van der Waals surface area contributed by atoms with Gasteiger partial charge in [-0.3, -0.25) is 9.48 Å². The van der Waals surface area contributed by atoms with Gasteiger partial charge in [0.1, 0.15) is 0 Å². The van der Waals surface area contributed by atoms with Crippen LogP contribution in [0.1, 0.15) is 12.8 Å². The van der Waals surface area contributed by atoms with E-state index in [9.17, 15) is 4.79 Å². The molecular weight excluding hydrogens is 202 g/mol. The number of nitrogens with one attached hydrogen (secondary N) is 1. The lowest BCUT2D eigenvalue weighted by Crippen LogP contribution is -2.25. The van der Waals surface area contributed by atoms with Crippen LogP contribution < -0.4 is 5.32 Å². The van der Waals surface area contributed by atoms with Crippen LogP contribution >= 0.6 is 0 Å². The Morgan fingerprint density at radius 1 is 1.50 bits per heavy atom. The lowest BCUT2D eigenvalue weighted by molar-refractivity contribution is -0.120. The second-order valence-corrected chi connectivity index (χ2v) is 4.78. The first-order chi connectivity index (χ1) is 7.72. The second-order valence-electron chi connectivity index (χ2n) is 4.78. The third-order valence-electron chi connectivity index (χ3n) is 3.59. The van der Waals surface area contributed by atoms with Gasteiger partial charge in [0, 0.05) is 19.2 Å². The topological polar surface area (TPSA) is 46.9 Å². The van der Waals surface area contributed by atoms with Crippen LogP contribution in [0.3, 0.4) is 0 Å².